The lowest BCUT2D eigenvalue weighted by atomic mass is 10.2. The lowest BCUT2D eigenvalue weighted by molar-refractivity contribution is -0.127. The van der Waals surface area contributed by atoms with Gasteiger partial charge in [-0.2, -0.15) is 0 Å². The zero-order valence-corrected chi connectivity index (χ0v) is 12.3. The molecule has 106 valence electrons. The topological polar surface area (TPSA) is 48.5 Å². The number of nitrogens with zero attached hydrogens (tertiary/aromatic N) is 3. The van der Waals surface area contributed by atoms with Crippen molar-refractivity contribution in [1.29, 1.82) is 0 Å². The maximum Gasteiger partial charge on any atom is 0.241 e. The third-order valence-corrected chi connectivity index (χ3v) is 2.94. The summed E-state index contributed by atoms with van der Waals surface area (Å²) in [5.74, 6) is 0.975. The number of pyridine rings is 1. The highest BCUT2D eigenvalue weighted by Gasteiger charge is 2.15. The highest BCUT2D eigenvalue weighted by Crippen LogP contribution is 2.16. The Morgan fingerprint density at radius 1 is 1.37 bits per heavy atom. The molecule has 0 aliphatic carbocycles. The van der Waals surface area contributed by atoms with E-state index in [0.29, 0.717) is 6.54 Å². The summed E-state index contributed by atoms with van der Waals surface area (Å²) < 4.78 is 0. The Balaban J connectivity index is 2.88. The fraction of sp³-hybridized carbons (Fsp3) is 0.571. The predicted octanol–water partition coefficient (Wildman–Crippen LogP) is 1.11. The first-order valence-corrected chi connectivity index (χ1v) is 6.69. The molecule has 1 amide bonds. The van der Waals surface area contributed by atoms with Crippen LogP contribution in [-0.2, 0) is 11.3 Å². The van der Waals surface area contributed by atoms with Crippen molar-refractivity contribution in [2.45, 2.75) is 20.4 Å². The van der Waals surface area contributed by atoms with Gasteiger partial charge in [-0.25, -0.2) is 4.98 Å². The van der Waals surface area contributed by atoms with Crippen molar-refractivity contribution in [2.24, 2.45) is 0 Å². The second kappa shape index (κ2) is 7.74. The van der Waals surface area contributed by atoms with Crippen LogP contribution in [0.15, 0.2) is 18.3 Å². The number of likely N-dealkylation sites (N-methyl/N-ethyl adjacent to an activating group) is 2. The molecule has 1 N–H and O–H groups in total. The zero-order chi connectivity index (χ0) is 14.3. The lowest BCUT2D eigenvalue weighted by Gasteiger charge is -2.25. The molecule has 0 radical (unpaired) electrons. The van der Waals surface area contributed by atoms with E-state index in [1.54, 1.807) is 25.2 Å². The molecule has 0 atom stereocenters. The molecular formula is C14H24N4O. The minimum Gasteiger partial charge on any atom is -0.347 e. The zero-order valence-electron chi connectivity index (χ0n) is 12.3. The summed E-state index contributed by atoms with van der Waals surface area (Å²) in [6.07, 6.45) is 1.77. The normalized spacial score (nSPS) is 10.3. The van der Waals surface area contributed by atoms with Crippen LogP contribution < -0.4 is 10.2 Å². The van der Waals surface area contributed by atoms with Crippen LogP contribution in [0.5, 0.6) is 0 Å². The first-order chi connectivity index (χ1) is 9.10. The summed E-state index contributed by atoms with van der Waals surface area (Å²) in [6, 6.07) is 3.98. The molecule has 0 unspecified atom stereocenters. The van der Waals surface area contributed by atoms with Crippen molar-refractivity contribution >= 4 is 11.7 Å². The van der Waals surface area contributed by atoms with Crippen LogP contribution in [0.3, 0.4) is 0 Å². The summed E-state index contributed by atoms with van der Waals surface area (Å²) in [5.41, 5.74) is 1.12. The third-order valence-electron chi connectivity index (χ3n) is 2.94. The van der Waals surface area contributed by atoms with Gasteiger partial charge in [0.2, 0.25) is 5.91 Å². The van der Waals surface area contributed by atoms with E-state index >= 15 is 0 Å². The van der Waals surface area contributed by atoms with Crippen molar-refractivity contribution in [3.05, 3.63) is 23.9 Å². The van der Waals surface area contributed by atoms with E-state index < -0.39 is 0 Å². The number of anilines is 1. The Kier molecular flexibility index (Phi) is 6.29. The minimum atomic E-state index is 0.0851. The Labute approximate surface area is 115 Å². The average Bonchev–Trinajstić information content (AvgIpc) is 2.42. The first kappa shape index (κ1) is 15.4. The maximum absolute atomic E-state index is 11.9. The summed E-state index contributed by atoms with van der Waals surface area (Å²) >= 11 is 0. The number of hydrogen-bond donors (Lipinski definition) is 1. The van der Waals surface area contributed by atoms with Crippen LogP contribution in [0.25, 0.3) is 0 Å². The van der Waals surface area contributed by atoms with Crippen LogP contribution in [0.1, 0.15) is 19.4 Å². The van der Waals surface area contributed by atoms with Gasteiger partial charge in [-0.15, -0.1) is 0 Å². The van der Waals surface area contributed by atoms with Crippen molar-refractivity contribution < 1.29 is 4.79 Å². The molecule has 1 aromatic rings. The molecule has 1 heterocycles. The van der Waals surface area contributed by atoms with Gasteiger partial charge >= 0.3 is 0 Å². The predicted molar refractivity (Wildman–Crippen MR) is 78.2 cm³/mol. The van der Waals surface area contributed by atoms with E-state index in [1.807, 2.05) is 24.0 Å². The van der Waals surface area contributed by atoms with E-state index in [0.717, 1.165) is 31.0 Å². The second-order valence-corrected chi connectivity index (χ2v) is 4.57. The van der Waals surface area contributed by atoms with Gasteiger partial charge in [-0.1, -0.05) is 13.0 Å². The van der Waals surface area contributed by atoms with E-state index in [2.05, 4.69) is 17.2 Å². The molecule has 0 aliphatic rings. The van der Waals surface area contributed by atoms with Crippen molar-refractivity contribution in [2.75, 3.05) is 38.6 Å². The molecule has 1 aromatic heterocycles. The summed E-state index contributed by atoms with van der Waals surface area (Å²) in [5, 5.41) is 3.30. The second-order valence-electron chi connectivity index (χ2n) is 4.57. The van der Waals surface area contributed by atoms with Crippen molar-refractivity contribution in [1.82, 2.24) is 15.2 Å². The molecule has 0 aromatic carbocycles. The number of rotatable bonds is 7. The first-order valence-electron chi connectivity index (χ1n) is 6.69. The summed E-state index contributed by atoms with van der Waals surface area (Å²) in [6.45, 7) is 6.91. The molecule has 0 spiro atoms. The van der Waals surface area contributed by atoms with Gasteiger partial charge in [0, 0.05) is 38.9 Å². The molecule has 0 saturated heterocycles. The Morgan fingerprint density at radius 2 is 2.11 bits per heavy atom. The number of hydrogen-bond acceptors (Lipinski definition) is 4. The molecule has 0 aliphatic heterocycles. The van der Waals surface area contributed by atoms with Gasteiger partial charge in [-0.05, 0) is 19.5 Å². The lowest BCUT2D eigenvalue weighted by Crippen LogP contribution is -2.37. The van der Waals surface area contributed by atoms with E-state index in [-0.39, 0.29) is 5.91 Å². The largest absolute Gasteiger partial charge is 0.347 e. The number of amides is 1. The number of carbonyl (C=O) groups is 1. The van der Waals surface area contributed by atoms with Gasteiger partial charge in [0.15, 0.2) is 0 Å². The van der Waals surface area contributed by atoms with Gasteiger partial charge < -0.3 is 15.1 Å². The van der Waals surface area contributed by atoms with E-state index in [1.165, 1.54) is 0 Å². The minimum absolute atomic E-state index is 0.0851. The Hall–Kier alpha value is -1.62. The Bertz CT molecular complexity index is 406. The fourth-order valence-electron chi connectivity index (χ4n) is 1.75. The van der Waals surface area contributed by atoms with E-state index in [4.69, 9.17) is 0 Å². The smallest absolute Gasteiger partial charge is 0.241 e. The highest BCUT2D eigenvalue weighted by molar-refractivity contribution is 5.80. The molecular weight excluding hydrogens is 240 g/mol. The van der Waals surface area contributed by atoms with Crippen molar-refractivity contribution in [3.8, 4) is 0 Å². The molecule has 5 heteroatoms. The fourth-order valence-corrected chi connectivity index (χ4v) is 1.75. The van der Waals surface area contributed by atoms with Gasteiger partial charge in [0.05, 0.1) is 6.54 Å². The molecule has 0 saturated carbocycles. The molecule has 1 rings (SSSR count). The number of carbonyl (C=O) groups excluding carboxylic acids is 1. The molecule has 0 fully saturated rings. The number of aromatic nitrogens is 1. The van der Waals surface area contributed by atoms with Gasteiger partial charge in [0.25, 0.3) is 0 Å². The SMILES string of the molecule is CCNCc1cccnc1N(CC)CC(=O)N(C)C. The Morgan fingerprint density at radius 3 is 2.68 bits per heavy atom. The average molecular weight is 264 g/mol. The van der Waals surface area contributed by atoms with Crippen LogP contribution in [-0.4, -0.2) is 49.5 Å². The van der Waals surface area contributed by atoms with E-state index in [9.17, 15) is 4.79 Å². The quantitative estimate of drug-likeness (QED) is 0.801. The standard InChI is InChI=1S/C14H24N4O/c1-5-15-10-12-8-7-9-16-14(12)18(6-2)11-13(19)17(3)4/h7-9,15H,5-6,10-11H2,1-4H3. The van der Waals surface area contributed by atoms with Gasteiger partial charge in [-0.3, -0.25) is 4.79 Å². The van der Waals surface area contributed by atoms with Crippen LogP contribution in [0, 0.1) is 0 Å². The van der Waals surface area contributed by atoms with Crippen molar-refractivity contribution in [3.63, 3.8) is 0 Å². The third kappa shape index (κ3) is 4.52. The van der Waals surface area contributed by atoms with Gasteiger partial charge in [0.1, 0.15) is 5.82 Å². The number of nitrogens with one attached hydrogen (secondary N) is 1. The molecule has 19 heavy (non-hydrogen) atoms. The monoisotopic (exact) mass is 264 g/mol. The molecule has 5 nitrogen and oxygen atoms in total. The van der Waals surface area contributed by atoms with Crippen LogP contribution in [0.2, 0.25) is 0 Å². The summed E-state index contributed by atoms with van der Waals surface area (Å²) in [4.78, 5) is 19.9. The highest BCUT2D eigenvalue weighted by atomic mass is 16.2. The van der Waals surface area contributed by atoms with Crippen LogP contribution >= 0.6 is 0 Å². The van der Waals surface area contributed by atoms with Crippen LogP contribution in [0.4, 0.5) is 5.82 Å². The summed E-state index contributed by atoms with van der Waals surface area (Å²) in [7, 11) is 3.54. The molecule has 0 bridgehead atoms. The maximum atomic E-state index is 11.9.